The third-order valence-corrected chi connectivity index (χ3v) is 3.50. The molecule has 1 saturated carbocycles. The van der Waals surface area contributed by atoms with Gasteiger partial charge in [0.2, 0.25) is 0 Å². The number of hydrogen-bond acceptors (Lipinski definition) is 4. The Hall–Kier alpha value is -0.610. The van der Waals surface area contributed by atoms with Crippen LogP contribution in [0.3, 0.4) is 0 Å². The molecule has 4 heteroatoms. The normalized spacial score (nSPS) is 43.2. The lowest BCUT2D eigenvalue weighted by molar-refractivity contribution is -0.148. The van der Waals surface area contributed by atoms with Gasteiger partial charge in [0, 0.05) is 12.5 Å². The summed E-state index contributed by atoms with van der Waals surface area (Å²) in [5, 5.41) is 3.27. The Morgan fingerprint density at radius 1 is 1.62 bits per heavy atom. The van der Waals surface area contributed by atoms with Gasteiger partial charge in [0.25, 0.3) is 0 Å². The van der Waals surface area contributed by atoms with Crippen LogP contribution in [-0.2, 0) is 9.53 Å². The van der Waals surface area contributed by atoms with Gasteiger partial charge in [-0.15, -0.1) is 0 Å². The lowest BCUT2D eigenvalue weighted by atomic mass is 9.86. The minimum atomic E-state index is -0.719. The van der Waals surface area contributed by atoms with Crippen molar-refractivity contribution in [2.24, 2.45) is 17.6 Å². The molecule has 2 rings (SSSR count). The Kier molecular flexibility index (Phi) is 2.04. The molecule has 3 N–H and O–H groups in total. The summed E-state index contributed by atoms with van der Waals surface area (Å²) in [5.41, 5.74) is 5.36. The molecule has 1 saturated heterocycles. The average molecular weight is 184 g/mol. The summed E-state index contributed by atoms with van der Waals surface area (Å²) < 4.78 is 4.75. The third-order valence-electron chi connectivity index (χ3n) is 3.50. The maximum absolute atomic E-state index is 11.5. The monoisotopic (exact) mass is 184 g/mol. The molecule has 0 bridgehead atoms. The Morgan fingerprint density at radius 3 is 3.08 bits per heavy atom. The van der Waals surface area contributed by atoms with Crippen LogP contribution in [0.25, 0.3) is 0 Å². The minimum absolute atomic E-state index is 0.247. The molecule has 1 aliphatic carbocycles. The SMILES string of the molecule is COC(=O)C1(N)CCC2CNCC21. The van der Waals surface area contributed by atoms with E-state index in [4.69, 9.17) is 10.5 Å². The van der Waals surface area contributed by atoms with Crippen molar-refractivity contribution in [3.63, 3.8) is 0 Å². The fourth-order valence-electron chi connectivity index (χ4n) is 2.69. The van der Waals surface area contributed by atoms with E-state index in [9.17, 15) is 4.79 Å². The smallest absolute Gasteiger partial charge is 0.326 e. The van der Waals surface area contributed by atoms with Gasteiger partial charge in [-0.3, -0.25) is 4.79 Å². The maximum atomic E-state index is 11.5. The van der Waals surface area contributed by atoms with E-state index in [1.807, 2.05) is 0 Å². The van der Waals surface area contributed by atoms with E-state index in [0.29, 0.717) is 5.92 Å². The number of methoxy groups -OCH3 is 1. The molecular formula is C9H16N2O2. The number of nitrogens with two attached hydrogens (primary N) is 1. The molecule has 2 fully saturated rings. The van der Waals surface area contributed by atoms with E-state index in [1.165, 1.54) is 7.11 Å². The molecule has 0 aromatic carbocycles. The second-order valence-corrected chi connectivity index (χ2v) is 4.10. The predicted molar refractivity (Wildman–Crippen MR) is 48.0 cm³/mol. The van der Waals surface area contributed by atoms with Crippen molar-refractivity contribution in [1.82, 2.24) is 5.32 Å². The maximum Gasteiger partial charge on any atom is 0.326 e. The molecule has 4 nitrogen and oxygen atoms in total. The second-order valence-electron chi connectivity index (χ2n) is 4.10. The van der Waals surface area contributed by atoms with Gasteiger partial charge in [-0.2, -0.15) is 0 Å². The highest BCUT2D eigenvalue weighted by Crippen LogP contribution is 2.41. The Labute approximate surface area is 77.8 Å². The molecular weight excluding hydrogens is 168 g/mol. The number of ether oxygens (including phenoxy) is 1. The van der Waals surface area contributed by atoms with E-state index in [-0.39, 0.29) is 11.9 Å². The quantitative estimate of drug-likeness (QED) is 0.539. The zero-order valence-corrected chi connectivity index (χ0v) is 7.88. The van der Waals surface area contributed by atoms with Crippen molar-refractivity contribution >= 4 is 5.97 Å². The molecule has 3 atom stereocenters. The van der Waals surface area contributed by atoms with Crippen LogP contribution < -0.4 is 11.1 Å². The topological polar surface area (TPSA) is 64.3 Å². The van der Waals surface area contributed by atoms with Gasteiger partial charge in [0.05, 0.1) is 7.11 Å². The van der Waals surface area contributed by atoms with Crippen LogP contribution in [0.5, 0.6) is 0 Å². The highest BCUT2D eigenvalue weighted by Gasteiger charge is 2.53. The Balaban J connectivity index is 2.18. The summed E-state index contributed by atoms with van der Waals surface area (Å²) in [4.78, 5) is 11.5. The fourth-order valence-corrected chi connectivity index (χ4v) is 2.69. The first-order chi connectivity index (χ1) is 6.18. The van der Waals surface area contributed by atoms with Gasteiger partial charge in [0.1, 0.15) is 5.54 Å². The van der Waals surface area contributed by atoms with Gasteiger partial charge in [-0.25, -0.2) is 0 Å². The molecule has 0 amide bonds. The van der Waals surface area contributed by atoms with E-state index in [0.717, 1.165) is 25.9 Å². The highest BCUT2D eigenvalue weighted by molar-refractivity contribution is 5.81. The van der Waals surface area contributed by atoms with Crippen LogP contribution >= 0.6 is 0 Å². The lowest BCUT2D eigenvalue weighted by Gasteiger charge is -2.27. The van der Waals surface area contributed by atoms with Gasteiger partial charge in [-0.1, -0.05) is 0 Å². The Morgan fingerprint density at radius 2 is 2.38 bits per heavy atom. The molecule has 0 aromatic heterocycles. The molecule has 13 heavy (non-hydrogen) atoms. The van der Waals surface area contributed by atoms with E-state index in [1.54, 1.807) is 0 Å². The summed E-state index contributed by atoms with van der Waals surface area (Å²) >= 11 is 0. The van der Waals surface area contributed by atoms with E-state index < -0.39 is 5.54 Å². The molecule has 1 aliphatic heterocycles. The summed E-state index contributed by atoms with van der Waals surface area (Å²) in [6, 6.07) is 0. The van der Waals surface area contributed by atoms with Crippen LogP contribution in [0.4, 0.5) is 0 Å². The van der Waals surface area contributed by atoms with Crippen LogP contribution in [0.1, 0.15) is 12.8 Å². The standard InChI is InChI=1S/C9H16N2O2/c1-13-8(12)9(10)3-2-6-4-11-5-7(6)9/h6-7,11H,2-5,10H2,1H3. The fraction of sp³-hybridized carbons (Fsp3) is 0.889. The minimum Gasteiger partial charge on any atom is -0.468 e. The van der Waals surface area contributed by atoms with Gasteiger partial charge in [0.15, 0.2) is 0 Å². The summed E-state index contributed by atoms with van der Waals surface area (Å²) in [5.74, 6) is 0.604. The molecule has 74 valence electrons. The lowest BCUT2D eigenvalue weighted by Crippen LogP contribution is -2.53. The van der Waals surface area contributed by atoms with Crippen molar-refractivity contribution in [3.8, 4) is 0 Å². The third kappa shape index (κ3) is 1.16. The van der Waals surface area contributed by atoms with Crippen molar-refractivity contribution in [2.75, 3.05) is 20.2 Å². The van der Waals surface area contributed by atoms with Crippen molar-refractivity contribution in [3.05, 3.63) is 0 Å². The predicted octanol–water partition coefficient (Wildman–Crippen LogP) is -0.514. The van der Waals surface area contributed by atoms with Crippen LogP contribution in [0.2, 0.25) is 0 Å². The van der Waals surface area contributed by atoms with E-state index in [2.05, 4.69) is 5.32 Å². The number of rotatable bonds is 1. The van der Waals surface area contributed by atoms with Crippen LogP contribution in [0, 0.1) is 11.8 Å². The van der Waals surface area contributed by atoms with Crippen molar-refractivity contribution in [1.29, 1.82) is 0 Å². The first-order valence-electron chi connectivity index (χ1n) is 4.76. The zero-order valence-electron chi connectivity index (χ0n) is 7.88. The number of carbonyl (C=O) groups excluding carboxylic acids is 1. The number of nitrogens with one attached hydrogen (secondary N) is 1. The number of fused-ring (bicyclic) bond motifs is 1. The molecule has 0 aromatic rings. The van der Waals surface area contributed by atoms with Crippen molar-refractivity contribution < 1.29 is 9.53 Å². The molecule has 0 spiro atoms. The van der Waals surface area contributed by atoms with Gasteiger partial charge >= 0.3 is 5.97 Å². The molecule has 0 radical (unpaired) electrons. The Bertz CT molecular complexity index is 232. The highest BCUT2D eigenvalue weighted by atomic mass is 16.5. The van der Waals surface area contributed by atoms with E-state index >= 15 is 0 Å². The molecule has 1 heterocycles. The zero-order chi connectivity index (χ0) is 9.47. The van der Waals surface area contributed by atoms with Crippen LogP contribution in [0.15, 0.2) is 0 Å². The van der Waals surface area contributed by atoms with Gasteiger partial charge < -0.3 is 15.8 Å². The molecule has 2 aliphatic rings. The summed E-state index contributed by atoms with van der Waals surface area (Å²) in [6.45, 7) is 1.86. The van der Waals surface area contributed by atoms with Gasteiger partial charge in [-0.05, 0) is 25.3 Å². The number of carbonyl (C=O) groups is 1. The molecule has 3 unspecified atom stereocenters. The summed E-state index contributed by atoms with van der Waals surface area (Å²) in [6.07, 6.45) is 1.82. The number of esters is 1. The number of hydrogen-bond donors (Lipinski definition) is 2. The van der Waals surface area contributed by atoms with Crippen LogP contribution in [-0.4, -0.2) is 31.7 Å². The largest absolute Gasteiger partial charge is 0.468 e. The first kappa shape index (κ1) is 8.97. The summed E-state index contributed by atoms with van der Waals surface area (Å²) in [7, 11) is 1.41. The first-order valence-corrected chi connectivity index (χ1v) is 4.76. The second kappa shape index (κ2) is 2.96. The van der Waals surface area contributed by atoms with Crippen molar-refractivity contribution in [2.45, 2.75) is 18.4 Å². The average Bonchev–Trinajstić information content (AvgIpc) is 2.69.